The molecular formula is C17H16ClFN4O4S. The third-order valence-electron chi connectivity index (χ3n) is 4.39. The van der Waals surface area contributed by atoms with Crippen LogP contribution in [0.2, 0.25) is 5.02 Å². The fourth-order valence-electron chi connectivity index (χ4n) is 2.82. The molecule has 3 rings (SSSR count). The molecule has 1 aromatic heterocycles. The molecule has 1 saturated heterocycles. The van der Waals surface area contributed by atoms with Crippen LogP contribution in [0.1, 0.15) is 0 Å². The molecule has 2 heterocycles. The highest BCUT2D eigenvalue weighted by molar-refractivity contribution is 7.89. The smallest absolute Gasteiger partial charge is 0.260 e. The maximum Gasteiger partial charge on any atom is 0.260 e. The maximum absolute atomic E-state index is 13.8. The zero-order chi connectivity index (χ0) is 20.5. The highest BCUT2D eigenvalue weighted by Crippen LogP contribution is 2.31. The Morgan fingerprint density at radius 2 is 2.21 bits per heavy atom. The predicted octanol–water partition coefficient (Wildman–Crippen LogP) is 1.57. The van der Waals surface area contributed by atoms with Gasteiger partial charge in [-0.15, -0.1) is 0 Å². The van der Waals surface area contributed by atoms with Gasteiger partial charge in [-0.25, -0.2) is 22.6 Å². The van der Waals surface area contributed by atoms with Gasteiger partial charge in [-0.05, 0) is 24.3 Å². The van der Waals surface area contributed by atoms with Gasteiger partial charge in [0, 0.05) is 25.4 Å². The van der Waals surface area contributed by atoms with Crippen LogP contribution in [-0.2, 0) is 10.0 Å². The molecular weight excluding hydrogens is 411 g/mol. The van der Waals surface area contributed by atoms with Gasteiger partial charge >= 0.3 is 0 Å². The topological polar surface area (TPSA) is 110 Å². The second-order valence-corrected chi connectivity index (χ2v) is 8.57. The number of aromatic nitrogens is 1. The number of aliphatic hydroxyl groups is 1. The Bertz CT molecular complexity index is 1030. The van der Waals surface area contributed by atoms with Crippen LogP contribution in [0.3, 0.4) is 0 Å². The lowest BCUT2D eigenvalue weighted by atomic mass is 10.0. The number of hydrogen-bond donors (Lipinski definition) is 2. The minimum atomic E-state index is -4.03. The normalized spacial score (nSPS) is 22.8. The van der Waals surface area contributed by atoms with Gasteiger partial charge in [0.25, 0.3) is 10.0 Å². The van der Waals surface area contributed by atoms with Gasteiger partial charge in [0.15, 0.2) is 5.03 Å². The van der Waals surface area contributed by atoms with E-state index in [1.165, 1.54) is 30.5 Å². The minimum Gasteiger partial charge on any atom is -0.486 e. The molecule has 1 aromatic carbocycles. The third kappa shape index (κ3) is 3.80. The molecule has 1 aliphatic rings. The second-order valence-electron chi connectivity index (χ2n) is 6.25. The van der Waals surface area contributed by atoms with Gasteiger partial charge in [0.1, 0.15) is 23.3 Å². The molecule has 11 heteroatoms. The summed E-state index contributed by atoms with van der Waals surface area (Å²) in [4.78, 5) is 6.83. The van der Waals surface area contributed by atoms with Crippen LogP contribution in [-0.4, -0.2) is 54.2 Å². The maximum atomic E-state index is 13.8. The summed E-state index contributed by atoms with van der Waals surface area (Å²) in [5.41, 5.74) is 3.79. The summed E-state index contributed by atoms with van der Waals surface area (Å²) in [6, 6.07) is 6.25. The quantitative estimate of drug-likeness (QED) is 0.702. The zero-order valence-corrected chi connectivity index (χ0v) is 16.0. The van der Waals surface area contributed by atoms with Crippen molar-refractivity contribution in [2.24, 2.45) is 5.73 Å². The first-order valence-corrected chi connectivity index (χ1v) is 9.89. The summed E-state index contributed by atoms with van der Waals surface area (Å²) in [6.45, 7) is 6.05. The van der Waals surface area contributed by atoms with Gasteiger partial charge in [0.2, 0.25) is 5.69 Å². The summed E-state index contributed by atoms with van der Waals surface area (Å²) in [5.74, 6) is -0.734. The first kappa shape index (κ1) is 20.4. The average molecular weight is 427 g/mol. The molecule has 0 spiro atoms. The summed E-state index contributed by atoms with van der Waals surface area (Å²) >= 11 is 5.74. The van der Waals surface area contributed by atoms with Crippen LogP contribution in [0, 0.1) is 12.4 Å². The van der Waals surface area contributed by atoms with Crippen molar-refractivity contribution in [1.82, 2.24) is 9.29 Å². The predicted molar refractivity (Wildman–Crippen MR) is 99.1 cm³/mol. The number of rotatable bonds is 5. The van der Waals surface area contributed by atoms with Crippen molar-refractivity contribution in [3.63, 3.8) is 0 Å². The molecule has 2 atom stereocenters. The lowest BCUT2D eigenvalue weighted by Gasteiger charge is -2.27. The average Bonchev–Trinajstić information content (AvgIpc) is 3.00. The summed E-state index contributed by atoms with van der Waals surface area (Å²) < 4.78 is 46.0. The fourth-order valence-corrected chi connectivity index (χ4v) is 4.34. The number of benzene rings is 1. The Kier molecular flexibility index (Phi) is 5.56. The van der Waals surface area contributed by atoms with E-state index in [2.05, 4.69) is 9.83 Å². The van der Waals surface area contributed by atoms with Gasteiger partial charge in [0.05, 0.1) is 18.1 Å². The Labute approximate surface area is 166 Å². The van der Waals surface area contributed by atoms with E-state index in [4.69, 9.17) is 28.6 Å². The van der Waals surface area contributed by atoms with Gasteiger partial charge < -0.3 is 15.6 Å². The van der Waals surface area contributed by atoms with Crippen molar-refractivity contribution in [3.8, 4) is 5.75 Å². The van der Waals surface area contributed by atoms with E-state index in [9.17, 15) is 17.9 Å². The number of sulfonamides is 1. The van der Waals surface area contributed by atoms with Crippen molar-refractivity contribution in [1.29, 1.82) is 0 Å². The lowest BCUT2D eigenvalue weighted by Crippen LogP contribution is -2.50. The molecule has 148 valence electrons. The Hall–Kier alpha value is -2.29. The molecule has 3 N–H and O–H groups in total. The molecule has 8 nitrogen and oxygen atoms in total. The molecule has 0 aliphatic carbocycles. The SMILES string of the molecule is [C-]#[N+]c1ccc(O[C@H]2CN(S(=O)(=O)c3ccc(Cl)cn3)C[C@]2(O)CN)cc1F. The monoisotopic (exact) mass is 426 g/mol. The second kappa shape index (κ2) is 7.62. The lowest BCUT2D eigenvalue weighted by molar-refractivity contribution is -0.0200. The number of hydrogen-bond acceptors (Lipinski definition) is 6. The van der Waals surface area contributed by atoms with Gasteiger partial charge in [-0.1, -0.05) is 11.6 Å². The molecule has 0 bridgehead atoms. The number of β-amino-alcohol motifs (C(OH)–C–C–N with tert-alkyl or cyclic N) is 1. The zero-order valence-electron chi connectivity index (χ0n) is 14.4. The van der Waals surface area contributed by atoms with E-state index >= 15 is 0 Å². The number of ether oxygens (including phenoxy) is 1. The number of nitrogens with two attached hydrogens (primary N) is 1. The van der Waals surface area contributed by atoms with Crippen LogP contribution in [0.5, 0.6) is 5.75 Å². The van der Waals surface area contributed by atoms with Crippen molar-refractivity contribution in [3.05, 3.63) is 58.8 Å². The molecule has 0 unspecified atom stereocenters. The third-order valence-corrected chi connectivity index (χ3v) is 6.35. The van der Waals surface area contributed by atoms with Crippen LogP contribution >= 0.6 is 11.6 Å². The Balaban J connectivity index is 1.86. The van der Waals surface area contributed by atoms with E-state index < -0.39 is 27.5 Å². The van der Waals surface area contributed by atoms with Crippen LogP contribution in [0.15, 0.2) is 41.6 Å². The minimum absolute atomic E-state index is 0.0469. The molecule has 1 fully saturated rings. The van der Waals surface area contributed by atoms with Gasteiger partial charge in [-0.3, -0.25) is 0 Å². The summed E-state index contributed by atoms with van der Waals surface area (Å²) in [5, 5.41) is 10.8. The Morgan fingerprint density at radius 3 is 2.79 bits per heavy atom. The fraction of sp³-hybridized carbons (Fsp3) is 0.294. The Morgan fingerprint density at radius 1 is 1.46 bits per heavy atom. The molecule has 0 saturated carbocycles. The standard InChI is InChI=1S/C17H16ClFN4O4S/c1-21-14-4-3-12(6-13(14)19)27-15-8-23(10-17(15,24)9-20)28(25,26)16-5-2-11(18)7-22-16/h2-7,15,24H,8-10,20H2/t15-,17+/m0/s1. The first-order valence-electron chi connectivity index (χ1n) is 8.07. The first-order chi connectivity index (χ1) is 13.2. The number of pyridine rings is 1. The largest absolute Gasteiger partial charge is 0.486 e. The molecule has 2 aromatic rings. The van der Waals surface area contributed by atoms with E-state index in [0.29, 0.717) is 0 Å². The van der Waals surface area contributed by atoms with Crippen molar-refractivity contribution in [2.75, 3.05) is 19.6 Å². The van der Waals surface area contributed by atoms with Gasteiger partial charge in [-0.2, -0.15) is 4.31 Å². The summed E-state index contributed by atoms with van der Waals surface area (Å²) in [6.07, 6.45) is 0.160. The van der Waals surface area contributed by atoms with Crippen LogP contribution in [0.25, 0.3) is 4.85 Å². The van der Waals surface area contributed by atoms with E-state index in [-0.39, 0.29) is 41.1 Å². The molecule has 28 heavy (non-hydrogen) atoms. The highest BCUT2D eigenvalue weighted by Gasteiger charge is 2.50. The summed E-state index contributed by atoms with van der Waals surface area (Å²) in [7, 11) is -4.03. The van der Waals surface area contributed by atoms with Crippen LogP contribution in [0.4, 0.5) is 10.1 Å². The molecule has 1 aliphatic heterocycles. The van der Waals surface area contributed by atoms with Crippen molar-refractivity contribution < 1.29 is 22.7 Å². The molecule has 0 amide bonds. The molecule has 0 radical (unpaired) electrons. The van der Waals surface area contributed by atoms with E-state index in [1.807, 2.05) is 0 Å². The van der Waals surface area contributed by atoms with Crippen LogP contribution < -0.4 is 10.5 Å². The number of nitrogens with zero attached hydrogens (tertiary/aromatic N) is 3. The van der Waals surface area contributed by atoms with Crippen molar-refractivity contribution in [2.45, 2.75) is 16.7 Å². The number of halogens is 2. The van der Waals surface area contributed by atoms with E-state index in [0.717, 1.165) is 10.4 Å². The highest BCUT2D eigenvalue weighted by atomic mass is 35.5. The van der Waals surface area contributed by atoms with E-state index in [1.54, 1.807) is 0 Å². The van der Waals surface area contributed by atoms with Crippen molar-refractivity contribution >= 4 is 27.3 Å².